The molecule has 0 amide bonds. The number of carbonyl (C=O) groups excluding carboxylic acids is 2. The first-order valence-electron chi connectivity index (χ1n) is 4.62. The van der Waals surface area contributed by atoms with E-state index < -0.39 is 57.7 Å². The number of carboxylic acid groups (broad SMARTS) is 4. The van der Waals surface area contributed by atoms with Crippen molar-refractivity contribution in [3.05, 3.63) is 22.3 Å². The molecule has 10 heteroatoms. The predicted octanol–water partition coefficient (Wildman–Crippen LogP) is -1.93. The summed E-state index contributed by atoms with van der Waals surface area (Å²) in [6.45, 7) is 0. The monoisotopic (exact) mass is 284 g/mol. The molecule has 0 atom stereocenters. The van der Waals surface area contributed by atoms with Crippen LogP contribution in [0.2, 0.25) is 0 Å². The van der Waals surface area contributed by atoms with Crippen LogP contribution >= 0.6 is 0 Å². The fourth-order valence-electron chi connectivity index (χ4n) is 1.54. The molecule has 10 nitrogen and oxygen atoms in total. The molecule has 0 aromatic carbocycles. The van der Waals surface area contributed by atoms with E-state index in [-0.39, 0.29) is 0 Å². The van der Waals surface area contributed by atoms with Gasteiger partial charge in [0.15, 0.2) is 0 Å². The van der Waals surface area contributed by atoms with Crippen LogP contribution in [-0.2, 0) is 28.8 Å². The topological polar surface area (TPSA) is 183 Å². The Morgan fingerprint density at radius 1 is 0.500 bits per heavy atom. The van der Waals surface area contributed by atoms with Crippen molar-refractivity contribution in [2.75, 3.05) is 0 Å². The van der Waals surface area contributed by atoms with E-state index in [0.29, 0.717) is 0 Å². The number of carboxylic acids is 4. The summed E-state index contributed by atoms with van der Waals surface area (Å²) in [6, 6.07) is 0. The van der Waals surface area contributed by atoms with Crippen molar-refractivity contribution in [2.24, 2.45) is 0 Å². The zero-order valence-electron chi connectivity index (χ0n) is 9.24. The van der Waals surface area contributed by atoms with Crippen molar-refractivity contribution >= 4 is 35.4 Å². The minimum Gasteiger partial charge on any atom is -0.478 e. The molecule has 0 fully saturated rings. The number of rotatable bonds is 4. The SMILES string of the molecule is O=C(O)C1=C(C(=O)O)C(C(=O)O)=C(C(=O)O)C(=O)C1=O. The Hall–Kier alpha value is -3.30. The van der Waals surface area contributed by atoms with Crippen molar-refractivity contribution in [1.82, 2.24) is 0 Å². The highest BCUT2D eigenvalue weighted by molar-refractivity contribution is 6.60. The summed E-state index contributed by atoms with van der Waals surface area (Å²) in [5.41, 5.74) is -6.28. The number of Topliss-reactive ketones (excluding diaryl/α,β-unsaturated/α-hetero) is 2. The largest absolute Gasteiger partial charge is 0.478 e. The van der Waals surface area contributed by atoms with Gasteiger partial charge in [-0.1, -0.05) is 0 Å². The first kappa shape index (κ1) is 14.8. The number of aliphatic carboxylic acids is 4. The van der Waals surface area contributed by atoms with Gasteiger partial charge in [0.2, 0.25) is 11.6 Å². The molecule has 104 valence electrons. The highest BCUT2D eigenvalue weighted by Crippen LogP contribution is 2.27. The molecule has 1 aliphatic carbocycles. The average Bonchev–Trinajstić information content (AvgIpc) is 2.29. The van der Waals surface area contributed by atoms with Crippen LogP contribution in [-0.4, -0.2) is 55.9 Å². The molecule has 1 rings (SSSR count). The zero-order chi connectivity index (χ0) is 15.8. The van der Waals surface area contributed by atoms with E-state index in [2.05, 4.69) is 0 Å². The molecule has 20 heavy (non-hydrogen) atoms. The molecule has 0 saturated heterocycles. The van der Waals surface area contributed by atoms with Crippen LogP contribution in [0.4, 0.5) is 0 Å². The molecule has 1 aliphatic rings. The Balaban J connectivity index is 3.97. The summed E-state index contributed by atoms with van der Waals surface area (Å²) >= 11 is 0. The van der Waals surface area contributed by atoms with Crippen LogP contribution in [0.5, 0.6) is 0 Å². The van der Waals surface area contributed by atoms with Gasteiger partial charge in [-0.25, -0.2) is 19.2 Å². The Bertz CT molecular complexity index is 602. The highest BCUT2D eigenvalue weighted by Gasteiger charge is 2.45. The third-order valence-electron chi connectivity index (χ3n) is 2.27. The molecule has 0 bridgehead atoms. The van der Waals surface area contributed by atoms with Crippen LogP contribution < -0.4 is 0 Å². The lowest BCUT2D eigenvalue weighted by molar-refractivity contribution is -0.143. The minimum absolute atomic E-state index is 1.55. The molecule has 0 heterocycles. The molecular formula is C10H4O10. The molecule has 0 unspecified atom stereocenters. The third kappa shape index (κ3) is 2.05. The normalized spacial score (nSPS) is 15.4. The predicted molar refractivity (Wildman–Crippen MR) is 54.6 cm³/mol. The fourth-order valence-corrected chi connectivity index (χ4v) is 1.54. The molecule has 4 N–H and O–H groups in total. The smallest absolute Gasteiger partial charge is 0.340 e. The number of hydrogen-bond acceptors (Lipinski definition) is 6. The van der Waals surface area contributed by atoms with Crippen LogP contribution in [0.1, 0.15) is 0 Å². The van der Waals surface area contributed by atoms with Gasteiger partial charge in [-0.2, -0.15) is 0 Å². The standard InChI is InChI=1S/C10H4O10/c11-5-3(9(17)18)1(7(13)14)2(8(15)16)4(6(5)12)10(19)20/h(H,13,14)(H,15,16)(H,17,18)(H,19,20). The summed E-state index contributed by atoms with van der Waals surface area (Å²) in [5, 5.41) is 35.0. The molecule has 0 radical (unpaired) electrons. The highest BCUT2D eigenvalue weighted by atomic mass is 16.4. The van der Waals surface area contributed by atoms with E-state index in [4.69, 9.17) is 20.4 Å². The van der Waals surface area contributed by atoms with Gasteiger partial charge in [0.1, 0.15) is 11.1 Å². The van der Waals surface area contributed by atoms with Gasteiger partial charge >= 0.3 is 23.9 Å². The second-order valence-electron chi connectivity index (χ2n) is 3.38. The van der Waals surface area contributed by atoms with Crippen molar-refractivity contribution in [3.63, 3.8) is 0 Å². The maximum Gasteiger partial charge on any atom is 0.340 e. The van der Waals surface area contributed by atoms with E-state index >= 15 is 0 Å². The molecular weight excluding hydrogens is 280 g/mol. The molecule has 0 aromatic rings. The van der Waals surface area contributed by atoms with Gasteiger partial charge in [0.25, 0.3) is 0 Å². The van der Waals surface area contributed by atoms with E-state index in [1.54, 1.807) is 0 Å². The van der Waals surface area contributed by atoms with E-state index in [9.17, 15) is 28.8 Å². The van der Waals surface area contributed by atoms with E-state index in [0.717, 1.165) is 0 Å². The van der Waals surface area contributed by atoms with Gasteiger partial charge < -0.3 is 20.4 Å². The van der Waals surface area contributed by atoms with Gasteiger partial charge in [-0.3, -0.25) is 9.59 Å². The summed E-state index contributed by atoms with van der Waals surface area (Å²) in [7, 11) is 0. The van der Waals surface area contributed by atoms with Gasteiger partial charge in [-0.15, -0.1) is 0 Å². The van der Waals surface area contributed by atoms with Crippen LogP contribution in [0.3, 0.4) is 0 Å². The summed E-state index contributed by atoms with van der Waals surface area (Å²) < 4.78 is 0. The zero-order valence-corrected chi connectivity index (χ0v) is 9.24. The second-order valence-corrected chi connectivity index (χ2v) is 3.38. The lowest BCUT2D eigenvalue weighted by Gasteiger charge is -2.15. The lowest BCUT2D eigenvalue weighted by Crippen LogP contribution is -2.36. The molecule has 0 spiro atoms. The summed E-state index contributed by atoms with van der Waals surface area (Å²) in [4.78, 5) is 66.3. The second kappa shape index (κ2) is 4.76. The molecule has 0 aliphatic heterocycles. The first-order valence-corrected chi connectivity index (χ1v) is 4.62. The minimum atomic E-state index is -2.15. The molecule has 0 aromatic heterocycles. The van der Waals surface area contributed by atoms with Crippen molar-refractivity contribution in [2.45, 2.75) is 0 Å². The number of ketones is 2. The van der Waals surface area contributed by atoms with Crippen LogP contribution in [0.15, 0.2) is 22.3 Å². The number of carbonyl (C=O) groups is 6. The quantitative estimate of drug-likeness (QED) is 0.257. The van der Waals surface area contributed by atoms with Gasteiger partial charge in [0, 0.05) is 0 Å². The van der Waals surface area contributed by atoms with Gasteiger partial charge in [0.05, 0.1) is 11.1 Å². The Morgan fingerprint density at radius 3 is 0.850 bits per heavy atom. The Labute approximate surface area is 108 Å². The van der Waals surface area contributed by atoms with Crippen molar-refractivity contribution in [1.29, 1.82) is 0 Å². The number of hydrogen-bond donors (Lipinski definition) is 4. The maximum atomic E-state index is 11.4. The first-order chi connectivity index (χ1) is 9.11. The Morgan fingerprint density at radius 2 is 0.700 bits per heavy atom. The maximum absolute atomic E-state index is 11.4. The average molecular weight is 284 g/mol. The lowest BCUT2D eigenvalue weighted by atomic mass is 9.83. The van der Waals surface area contributed by atoms with Crippen LogP contribution in [0, 0.1) is 0 Å². The summed E-state index contributed by atoms with van der Waals surface area (Å²) in [5.74, 6) is -12.4. The van der Waals surface area contributed by atoms with Gasteiger partial charge in [-0.05, 0) is 0 Å². The third-order valence-corrected chi connectivity index (χ3v) is 2.27. The molecule has 0 saturated carbocycles. The van der Waals surface area contributed by atoms with E-state index in [1.807, 2.05) is 0 Å². The van der Waals surface area contributed by atoms with Crippen molar-refractivity contribution in [3.8, 4) is 0 Å². The summed E-state index contributed by atoms with van der Waals surface area (Å²) in [6.07, 6.45) is 0. The Kier molecular flexibility index (Phi) is 3.51. The fraction of sp³-hybridized carbons (Fsp3) is 0. The van der Waals surface area contributed by atoms with Crippen LogP contribution in [0.25, 0.3) is 0 Å². The van der Waals surface area contributed by atoms with Crippen molar-refractivity contribution < 1.29 is 49.2 Å². The van der Waals surface area contributed by atoms with E-state index in [1.165, 1.54) is 0 Å².